The van der Waals surface area contributed by atoms with Gasteiger partial charge in [0, 0.05) is 32.4 Å². The highest BCUT2D eigenvalue weighted by atomic mass is 16.2. The third-order valence-electron chi connectivity index (χ3n) is 4.61. The van der Waals surface area contributed by atoms with E-state index < -0.39 is 0 Å². The van der Waals surface area contributed by atoms with Gasteiger partial charge in [-0.15, -0.1) is 0 Å². The summed E-state index contributed by atoms with van der Waals surface area (Å²) in [6, 6.07) is 4.02. The van der Waals surface area contributed by atoms with Crippen molar-refractivity contribution in [3.63, 3.8) is 0 Å². The number of amides is 2. The number of anilines is 1. The van der Waals surface area contributed by atoms with Gasteiger partial charge in [-0.3, -0.25) is 14.5 Å². The van der Waals surface area contributed by atoms with E-state index in [2.05, 4.69) is 27.4 Å². The van der Waals surface area contributed by atoms with E-state index in [-0.39, 0.29) is 18.4 Å². The van der Waals surface area contributed by atoms with E-state index in [9.17, 15) is 9.59 Å². The Morgan fingerprint density at radius 2 is 2.33 bits per heavy atom. The lowest BCUT2D eigenvalue weighted by Gasteiger charge is -2.28. The van der Waals surface area contributed by atoms with E-state index >= 15 is 0 Å². The highest BCUT2D eigenvalue weighted by molar-refractivity contribution is 5.86. The Balaban J connectivity index is 1.42. The molecule has 0 radical (unpaired) electrons. The first-order chi connectivity index (χ1) is 11.6. The maximum atomic E-state index is 12.3. The molecule has 3 heterocycles. The number of nitrogens with zero attached hydrogens (tertiary/aromatic N) is 3. The summed E-state index contributed by atoms with van der Waals surface area (Å²) in [4.78, 5) is 31.8. The number of aromatic nitrogens is 1. The molecule has 7 nitrogen and oxygen atoms in total. The molecule has 0 spiro atoms. The number of hydrogen-bond donors (Lipinski definition) is 2. The van der Waals surface area contributed by atoms with Crippen molar-refractivity contribution in [2.45, 2.75) is 13.3 Å². The first kappa shape index (κ1) is 16.7. The molecule has 0 unspecified atom stereocenters. The van der Waals surface area contributed by atoms with Crippen molar-refractivity contribution in [1.82, 2.24) is 20.1 Å². The Bertz CT molecular complexity index is 606. The molecule has 2 fully saturated rings. The lowest BCUT2D eigenvalue weighted by atomic mass is 10.1. The average Bonchev–Trinajstić information content (AvgIpc) is 3.00. The molecular weight excluding hydrogens is 306 g/mol. The van der Waals surface area contributed by atoms with Crippen LogP contribution in [0.5, 0.6) is 0 Å². The SMILES string of the molecule is Cc1ccnc(NC[C@@H]2CCN(CC(=O)N3CCNC(=O)C3)C2)c1. The molecule has 0 bridgehead atoms. The maximum absolute atomic E-state index is 12.3. The summed E-state index contributed by atoms with van der Waals surface area (Å²) in [6.07, 6.45) is 2.89. The summed E-state index contributed by atoms with van der Waals surface area (Å²) >= 11 is 0. The van der Waals surface area contributed by atoms with Gasteiger partial charge in [0.25, 0.3) is 0 Å². The second-order valence-corrected chi connectivity index (χ2v) is 6.65. The van der Waals surface area contributed by atoms with Gasteiger partial charge in [-0.1, -0.05) is 0 Å². The van der Waals surface area contributed by atoms with Crippen LogP contribution in [0.15, 0.2) is 18.3 Å². The van der Waals surface area contributed by atoms with E-state index in [0.29, 0.717) is 25.6 Å². The van der Waals surface area contributed by atoms with Crippen LogP contribution in [0, 0.1) is 12.8 Å². The van der Waals surface area contributed by atoms with Crippen LogP contribution in [0.2, 0.25) is 0 Å². The maximum Gasteiger partial charge on any atom is 0.239 e. The smallest absolute Gasteiger partial charge is 0.239 e. The molecule has 0 aliphatic carbocycles. The van der Waals surface area contributed by atoms with Gasteiger partial charge in [-0.25, -0.2) is 4.98 Å². The van der Waals surface area contributed by atoms with Crippen LogP contribution >= 0.6 is 0 Å². The fourth-order valence-electron chi connectivity index (χ4n) is 3.25. The summed E-state index contributed by atoms with van der Waals surface area (Å²) in [5, 5.41) is 6.13. The third kappa shape index (κ3) is 4.44. The largest absolute Gasteiger partial charge is 0.370 e. The van der Waals surface area contributed by atoms with Gasteiger partial charge < -0.3 is 15.5 Å². The molecule has 24 heavy (non-hydrogen) atoms. The van der Waals surface area contributed by atoms with Gasteiger partial charge >= 0.3 is 0 Å². The van der Waals surface area contributed by atoms with Crippen LogP contribution in [0.3, 0.4) is 0 Å². The highest BCUT2D eigenvalue weighted by Crippen LogP contribution is 2.17. The van der Waals surface area contributed by atoms with Crippen molar-refractivity contribution >= 4 is 17.6 Å². The van der Waals surface area contributed by atoms with Gasteiger partial charge in [0.2, 0.25) is 11.8 Å². The summed E-state index contributed by atoms with van der Waals surface area (Å²) in [5.41, 5.74) is 1.19. The topological polar surface area (TPSA) is 77.6 Å². The van der Waals surface area contributed by atoms with Crippen molar-refractivity contribution in [2.75, 3.05) is 51.1 Å². The minimum atomic E-state index is -0.0660. The minimum absolute atomic E-state index is 0.0545. The number of carbonyl (C=O) groups excluding carboxylic acids is 2. The third-order valence-corrected chi connectivity index (χ3v) is 4.61. The molecule has 0 aromatic carbocycles. The Labute approximate surface area is 142 Å². The average molecular weight is 331 g/mol. The molecule has 7 heteroatoms. The number of nitrogens with one attached hydrogen (secondary N) is 2. The molecule has 2 aliphatic heterocycles. The van der Waals surface area contributed by atoms with Gasteiger partial charge in [0.05, 0.1) is 13.1 Å². The Hall–Kier alpha value is -2.15. The van der Waals surface area contributed by atoms with Crippen molar-refractivity contribution in [2.24, 2.45) is 5.92 Å². The second kappa shape index (κ2) is 7.61. The fraction of sp³-hybridized carbons (Fsp3) is 0.588. The van der Waals surface area contributed by atoms with Crippen LogP contribution in [0.4, 0.5) is 5.82 Å². The van der Waals surface area contributed by atoms with Crippen molar-refractivity contribution < 1.29 is 9.59 Å². The Morgan fingerprint density at radius 1 is 1.46 bits per heavy atom. The molecule has 3 rings (SSSR count). The molecule has 2 aliphatic rings. The molecule has 1 atom stereocenters. The van der Waals surface area contributed by atoms with Crippen LogP contribution < -0.4 is 10.6 Å². The van der Waals surface area contributed by atoms with Crippen molar-refractivity contribution in [1.29, 1.82) is 0 Å². The molecule has 1 aromatic rings. The lowest BCUT2D eigenvalue weighted by Crippen LogP contribution is -2.52. The van der Waals surface area contributed by atoms with Crippen molar-refractivity contribution in [3.05, 3.63) is 23.9 Å². The molecule has 1 aromatic heterocycles. The first-order valence-corrected chi connectivity index (χ1v) is 8.53. The van der Waals surface area contributed by atoms with E-state index in [1.807, 2.05) is 18.3 Å². The van der Waals surface area contributed by atoms with Crippen LogP contribution in [0.25, 0.3) is 0 Å². The Kier molecular flexibility index (Phi) is 5.30. The summed E-state index contributed by atoms with van der Waals surface area (Å²) in [6.45, 7) is 6.53. The summed E-state index contributed by atoms with van der Waals surface area (Å²) in [7, 11) is 0. The van der Waals surface area contributed by atoms with E-state index in [1.54, 1.807) is 4.90 Å². The molecule has 2 amide bonds. The zero-order valence-electron chi connectivity index (χ0n) is 14.1. The fourth-order valence-corrected chi connectivity index (χ4v) is 3.25. The van der Waals surface area contributed by atoms with Gasteiger partial charge in [0.1, 0.15) is 5.82 Å². The number of aryl methyl sites for hydroxylation is 1. The zero-order valence-corrected chi connectivity index (χ0v) is 14.1. The standard InChI is InChI=1S/C17H25N5O2/c1-13-2-4-18-15(8-13)20-9-14-3-6-21(10-14)12-17(24)22-7-5-19-16(23)11-22/h2,4,8,14H,3,5-7,9-12H2,1H3,(H,18,20)(H,19,23)/t14-/m0/s1. The highest BCUT2D eigenvalue weighted by Gasteiger charge is 2.27. The number of piperazine rings is 1. The molecule has 2 saturated heterocycles. The summed E-state index contributed by atoms with van der Waals surface area (Å²) < 4.78 is 0. The predicted octanol–water partition coefficient (Wildman–Crippen LogP) is 0.0822. The number of pyridine rings is 1. The Morgan fingerprint density at radius 3 is 3.12 bits per heavy atom. The first-order valence-electron chi connectivity index (χ1n) is 8.53. The quantitative estimate of drug-likeness (QED) is 0.799. The minimum Gasteiger partial charge on any atom is -0.370 e. The van der Waals surface area contributed by atoms with E-state index in [4.69, 9.17) is 0 Å². The van der Waals surface area contributed by atoms with Crippen LogP contribution in [0.1, 0.15) is 12.0 Å². The van der Waals surface area contributed by atoms with Gasteiger partial charge in [-0.05, 0) is 43.5 Å². The van der Waals surface area contributed by atoms with E-state index in [1.165, 1.54) is 5.56 Å². The monoisotopic (exact) mass is 331 g/mol. The van der Waals surface area contributed by atoms with Crippen LogP contribution in [-0.2, 0) is 9.59 Å². The molecule has 0 saturated carbocycles. The van der Waals surface area contributed by atoms with Crippen molar-refractivity contribution in [3.8, 4) is 0 Å². The zero-order chi connectivity index (χ0) is 16.9. The molecular formula is C17H25N5O2. The number of rotatable bonds is 5. The second-order valence-electron chi connectivity index (χ2n) is 6.65. The molecule has 130 valence electrons. The van der Waals surface area contributed by atoms with Gasteiger partial charge in [0.15, 0.2) is 0 Å². The van der Waals surface area contributed by atoms with Gasteiger partial charge in [-0.2, -0.15) is 0 Å². The number of hydrogen-bond acceptors (Lipinski definition) is 5. The normalized spacial score (nSPS) is 21.6. The van der Waals surface area contributed by atoms with Crippen LogP contribution in [-0.4, -0.2) is 72.4 Å². The lowest BCUT2D eigenvalue weighted by molar-refractivity contribution is -0.138. The molecule has 2 N–H and O–H groups in total. The number of carbonyl (C=O) groups is 2. The summed E-state index contributed by atoms with van der Waals surface area (Å²) in [5.74, 6) is 1.41. The van der Waals surface area contributed by atoms with E-state index in [0.717, 1.165) is 31.9 Å². The number of likely N-dealkylation sites (tertiary alicyclic amines) is 1. The predicted molar refractivity (Wildman–Crippen MR) is 91.6 cm³/mol.